The maximum absolute atomic E-state index is 13.1. The van der Waals surface area contributed by atoms with Gasteiger partial charge in [-0.2, -0.15) is 13.2 Å². The topological polar surface area (TPSA) is 29.1 Å². The minimum atomic E-state index is -4.45. The van der Waals surface area contributed by atoms with Gasteiger partial charge in [0.15, 0.2) is 0 Å². The van der Waals surface area contributed by atoms with Crippen LogP contribution in [0.3, 0.4) is 0 Å². The first-order chi connectivity index (χ1) is 14.2. The molecule has 0 aromatic heterocycles. The number of hydrogen-bond donors (Lipinski definition) is 1. The number of hydrogen-bond acceptors (Lipinski definition) is 1. The Balaban J connectivity index is 1.66. The quantitative estimate of drug-likeness (QED) is 0.541. The monoisotopic (exact) mass is 409 g/mol. The molecule has 1 saturated carbocycles. The molecule has 30 heavy (non-hydrogen) atoms. The van der Waals surface area contributed by atoms with E-state index in [1.165, 1.54) is 12.1 Å². The molecule has 1 amide bonds. The third-order valence-corrected chi connectivity index (χ3v) is 5.80. The zero-order valence-electron chi connectivity index (χ0n) is 16.8. The molecule has 0 radical (unpaired) electrons. The number of alkyl halides is 3. The third kappa shape index (κ3) is 3.72. The first kappa shape index (κ1) is 20.2. The molecule has 0 bridgehead atoms. The van der Waals surface area contributed by atoms with Crippen LogP contribution in [0, 0.1) is 19.8 Å². The standard InChI is InChI=1S/C25H22F3NO/c1-16-6-3-8-18(12-16)24(19-9-4-7-17(2)13-19)15-22(24)23(30)29-21-11-5-10-20(14-21)25(26,27)28/h3-14,22H,15H2,1-2H3,(H,29,30)/t22-/m0/s1. The smallest absolute Gasteiger partial charge is 0.326 e. The van der Waals surface area contributed by atoms with Gasteiger partial charge in [-0.05, 0) is 49.6 Å². The van der Waals surface area contributed by atoms with Gasteiger partial charge in [-0.1, -0.05) is 65.7 Å². The van der Waals surface area contributed by atoms with Gasteiger partial charge in [0.05, 0.1) is 11.5 Å². The molecule has 1 atom stereocenters. The van der Waals surface area contributed by atoms with Crippen LogP contribution >= 0.6 is 0 Å². The summed E-state index contributed by atoms with van der Waals surface area (Å²) >= 11 is 0. The van der Waals surface area contributed by atoms with Crippen LogP contribution < -0.4 is 5.32 Å². The van der Waals surface area contributed by atoms with Gasteiger partial charge in [0.1, 0.15) is 0 Å². The lowest BCUT2D eigenvalue weighted by Gasteiger charge is -2.20. The van der Waals surface area contributed by atoms with Crippen LogP contribution in [0.4, 0.5) is 18.9 Å². The molecule has 1 aliphatic rings. The number of carbonyl (C=O) groups excluding carboxylic acids is 1. The fourth-order valence-corrected chi connectivity index (χ4v) is 4.23. The molecule has 5 heteroatoms. The zero-order valence-corrected chi connectivity index (χ0v) is 16.8. The van der Waals surface area contributed by atoms with Gasteiger partial charge in [0.25, 0.3) is 0 Å². The SMILES string of the molecule is Cc1cccc(C2(c3cccc(C)c3)C[C@H]2C(=O)Nc2cccc(C(F)(F)F)c2)c1. The van der Waals surface area contributed by atoms with Gasteiger partial charge in [-0.25, -0.2) is 0 Å². The molecule has 0 heterocycles. The van der Waals surface area contributed by atoms with E-state index in [2.05, 4.69) is 17.4 Å². The second kappa shape index (κ2) is 7.31. The Morgan fingerprint density at radius 2 is 1.47 bits per heavy atom. The average Bonchev–Trinajstić information content (AvgIpc) is 3.45. The molecule has 4 rings (SSSR count). The van der Waals surface area contributed by atoms with Gasteiger partial charge >= 0.3 is 6.18 Å². The molecule has 3 aromatic carbocycles. The molecular formula is C25H22F3NO. The Kier molecular flexibility index (Phi) is 4.92. The van der Waals surface area contributed by atoms with E-state index in [9.17, 15) is 18.0 Å². The molecule has 1 fully saturated rings. The van der Waals surface area contributed by atoms with Crippen LogP contribution in [0.25, 0.3) is 0 Å². The van der Waals surface area contributed by atoms with Gasteiger partial charge in [0, 0.05) is 11.1 Å². The molecule has 154 valence electrons. The fourth-order valence-electron chi connectivity index (χ4n) is 4.23. The van der Waals surface area contributed by atoms with Crippen LogP contribution in [-0.4, -0.2) is 5.91 Å². The Morgan fingerprint density at radius 3 is 2.00 bits per heavy atom. The summed E-state index contributed by atoms with van der Waals surface area (Å²) < 4.78 is 39.0. The number of nitrogens with one attached hydrogen (secondary N) is 1. The molecule has 0 saturated heterocycles. The van der Waals surface area contributed by atoms with E-state index in [0.29, 0.717) is 6.42 Å². The Labute approximate surface area is 173 Å². The average molecular weight is 409 g/mol. The molecule has 1 N–H and O–H groups in total. The highest BCUT2D eigenvalue weighted by Gasteiger charge is 2.60. The van der Waals surface area contributed by atoms with Crippen LogP contribution in [0.1, 0.15) is 34.2 Å². The first-order valence-corrected chi connectivity index (χ1v) is 9.82. The van der Waals surface area contributed by atoms with Gasteiger partial charge < -0.3 is 5.32 Å². The van der Waals surface area contributed by atoms with Gasteiger partial charge in [-0.3, -0.25) is 4.79 Å². The van der Waals surface area contributed by atoms with Crippen molar-refractivity contribution in [3.8, 4) is 0 Å². The summed E-state index contributed by atoms with van der Waals surface area (Å²) in [6, 6.07) is 20.9. The van der Waals surface area contributed by atoms with E-state index in [1.807, 2.05) is 50.2 Å². The third-order valence-electron chi connectivity index (χ3n) is 5.80. The lowest BCUT2D eigenvalue weighted by Crippen LogP contribution is -2.22. The van der Waals surface area contributed by atoms with E-state index in [0.717, 1.165) is 34.4 Å². The highest BCUT2D eigenvalue weighted by atomic mass is 19.4. The zero-order chi connectivity index (χ0) is 21.5. The second-order valence-electron chi connectivity index (χ2n) is 8.03. The van der Waals surface area contributed by atoms with Crippen molar-refractivity contribution in [1.29, 1.82) is 0 Å². The highest BCUT2D eigenvalue weighted by Crippen LogP contribution is 2.59. The molecule has 0 spiro atoms. The number of rotatable bonds is 4. The molecule has 3 aromatic rings. The predicted octanol–water partition coefficient (Wildman–Crippen LogP) is 6.27. The summed E-state index contributed by atoms with van der Waals surface area (Å²) in [7, 11) is 0. The largest absolute Gasteiger partial charge is 0.416 e. The maximum Gasteiger partial charge on any atom is 0.416 e. The summed E-state index contributed by atoms with van der Waals surface area (Å²) in [5, 5.41) is 2.70. The second-order valence-corrected chi connectivity index (χ2v) is 8.03. The summed E-state index contributed by atoms with van der Waals surface area (Å²) in [6.07, 6.45) is -3.84. The predicted molar refractivity (Wildman–Crippen MR) is 111 cm³/mol. The lowest BCUT2D eigenvalue weighted by molar-refractivity contribution is -0.137. The van der Waals surface area contributed by atoms with Crippen molar-refractivity contribution in [2.45, 2.75) is 31.9 Å². The minimum absolute atomic E-state index is 0.157. The van der Waals surface area contributed by atoms with Crippen LogP contribution in [0.2, 0.25) is 0 Å². The van der Waals surface area contributed by atoms with Crippen molar-refractivity contribution < 1.29 is 18.0 Å². The maximum atomic E-state index is 13.1. The summed E-state index contributed by atoms with van der Waals surface area (Å²) in [5.41, 5.74) is 3.22. The summed E-state index contributed by atoms with van der Waals surface area (Å²) in [6.45, 7) is 4.01. The van der Waals surface area contributed by atoms with E-state index in [4.69, 9.17) is 0 Å². The molecule has 2 nitrogen and oxygen atoms in total. The number of benzene rings is 3. The Morgan fingerprint density at radius 1 is 0.900 bits per heavy atom. The van der Waals surface area contributed by atoms with Gasteiger partial charge in [0.2, 0.25) is 5.91 Å². The number of aryl methyl sites for hydroxylation is 2. The fraction of sp³-hybridized carbons (Fsp3) is 0.240. The van der Waals surface area contributed by atoms with Crippen molar-refractivity contribution in [1.82, 2.24) is 0 Å². The normalized spacial score (nSPS) is 17.4. The Hall–Kier alpha value is -3.08. The minimum Gasteiger partial charge on any atom is -0.326 e. The molecule has 0 unspecified atom stereocenters. The van der Waals surface area contributed by atoms with Crippen molar-refractivity contribution >= 4 is 11.6 Å². The number of anilines is 1. The van der Waals surface area contributed by atoms with E-state index >= 15 is 0 Å². The number of carbonyl (C=O) groups is 1. The molecule has 0 aliphatic heterocycles. The highest BCUT2D eigenvalue weighted by molar-refractivity contribution is 5.97. The van der Waals surface area contributed by atoms with Crippen molar-refractivity contribution in [3.63, 3.8) is 0 Å². The molecular weight excluding hydrogens is 387 g/mol. The van der Waals surface area contributed by atoms with Gasteiger partial charge in [-0.15, -0.1) is 0 Å². The van der Waals surface area contributed by atoms with Crippen LogP contribution in [-0.2, 0) is 16.4 Å². The van der Waals surface area contributed by atoms with Crippen LogP contribution in [0.15, 0.2) is 72.8 Å². The lowest BCUT2D eigenvalue weighted by atomic mass is 9.84. The van der Waals surface area contributed by atoms with Crippen LogP contribution in [0.5, 0.6) is 0 Å². The van der Waals surface area contributed by atoms with E-state index in [1.54, 1.807) is 0 Å². The van der Waals surface area contributed by atoms with Crippen molar-refractivity contribution in [2.75, 3.05) is 5.32 Å². The summed E-state index contributed by atoms with van der Waals surface area (Å²) in [4.78, 5) is 13.1. The number of halogens is 3. The summed E-state index contributed by atoms with van der Waals surface area (Å²) in [5.74, 6) is -0.618. The van der Waals surface area contributed by atoms with Crippen molar-refractivity contribution in [3.05, 3.63) is 101 Å². The van der Waals surface area contributed by atoms with Crippen molar-refractivity contribution in [2.24, 2.45) is 5.92 Å². The van der Waals surface area contributed by atoms with E-state index in [-0.39, 0.29) is 17.5 Å². The Bertz CT molecular complexity index is 1060. The first-order valence-electron chi connectivity index (χ1n) is 9.82. The van der Waals surface area contributed by atoms with E-state index < -0.39 is 17.2 Å². The number of amides is 1. The molecule has 1 aliphatic carbocycles.